The highest BCUT2D eigenvalue weighted by Gasteiger charge is 2.18. The van der Waals surface area contributed by atoms with Crippen LogP contribution >= 0.6 is 0 Å². The second-order valence-corrected chi connectivity index (χ2v) is 11.0. The number of carbonyl (C=O) groups excluding carboxylic acids is 2. The highest BCUT2D eigenvalue weighted by molar-refractivity contribution is 5.68. The van der Waals surface area contributed by atoms with Gasteiger partial charge in [0.05, 0.1) is 27.6 Å². The number of quaternary nitrogens is 1. The molecule has 0 aromatic carbocycles. The van der Waals surface area contributed by atoms with Crippen LogP contribution in [0.15, 0.2) is 12.2 Å². The summed E-state index contributed by atoms with van der Waals surface area (Å²) in [5, 5.41) is 10.0. The molecular weight excluding hydrogens is 434 g/mol. The van der Waals surface area contributed by atoms with Gasteiger partial charge in [-0.2, -0.15) is 0 Å². The number of rotatable bonds is 23. The van der Waals surface area contributed by atoms with Crippen molar-refractivity contribution in [1.82, 2.24) is 0 Å². The maximum Gasteiger partial charge on any atom is 0.313 e. The summed E-state index contributed by atoms with van der Waals surface area (Å²) in [5.41, 5.74) is 0. The fourth-order valence-corrected chi connectivity index (χ4v) is 3.91. The van der Waals surface area contributed by atoms with E-state index in [1.807, 2.05) is 21.1 Å². The molecule has 0 spiro atoms. The Balaban J connectivity index is 0. The Bertz CT molecular complexity index is 494. The summed E-state index contributed by atoms with van der Waals surface area (Å²) < 4.78 is 0.462. The zero-order valence-corrected chi connectivity index (χ0v) is 24.4. The van der Waals surface area contributed by atoms with E-state index in [2.05, 4.69) is 26.0 Å². The first-order chi connectivity index (χ1) is 16.8. The van der Waals surface area contributed by atoms with Crippen LogP contribution in [0.4, 0.5) is 0 Å². The fraction of sp³-hybridized carbons (Fsp3) is 0.871. The smallest absolute Gasteiger partial charge is 0.313 e. The summed E-state index contributed by atoms with van der Waals surface area (Å²) in [7, 11) is 5.87. The third-order valence-electron chi connectivity index (χ3n) is 6.39. The van der Waals surface area contributed by atoms with E-state index in [1.54, 1.807) is 0 Å². The van der Waals surface area contributed by atoms with E-state index in [9.17, 15) is 14.7 Å². The summed E-state index contributed by atoms with van der Waals surface area (Å²) in [6, 6.07) is 0. The largest absolute Gasteiger partial charge is 0.550 e. The third kappa shape index (κ3) is 32.8. The number of amides is 1. The normalized spacial score (nSPS) is 11.5. The maximum atomic E-state index is 11.8. The van der Waals surface area contributed by atoms with Crippen molar-refractivity contribution in [2.24, 2.45) is 0 Å². The fourth-order valence-electron chi connectivity index (χ4n) is 3.91. The lowest BCUT2D eigenvalue weighted by molar-refractivity contribution is -0.792. The van der Waals surface area contributed by atoms with Crippen molar-refractivity contribution in [1.29, 1.82) is 0 Å². The lowest BCUT2D eigenvalue weighted by Crippen LogP contribution is -2.40. The van der Waals surface area contributed by atoms with Gasteiger partial charge in [-0.05, 0) is 44.9 Å². The Labute approximate surface area is 219 Å². The molecule has 0 bridgehead atoms. The molecular formula is C31H61NO3. The van der Waals surface area contributed by atoms with Crippen molar-refractivity contribution in [3.8, 4) is 0 Å². The summed E-state index contributed by atoms with van der Waals surface area (Å²) >= 11 is 0. The monoisotopic (exact) mass is 495 g/mol. The molecule has 4 heteroatoms. The van der Waals surface area contributed by atoms with Crippen LogP contribution in [0, 0.1) is 0 Å². The number of hydrogen-bond donors (Lipinski definition) is 0. The van der Waals surface area contributed by atoms with Crippen LogP contribution in [-0.2, 0) is 9.59 Å². The predicted molar refractivity (Wildman–Crippen MR) is 150 cm³/mol. The molecule has 0 aromatic heterocycles. The lowest BCUT2D eigenvalue weighted by atomic mass is 10.1. The van der Waals surface area contributed by atoms with Crippen LogP contribution in [0.2, 0.25) is 0 Å². The second kappa shape index (κ2) is 27.4. The first-order valence-electron chi connectivity index (χ1n) is 14.9. The van der Waals surface area contributed by atoms with Gasteiger partial charge in [0.15, 0.2) is 0 Å². The molecule has 0 saturated heterocycles. The number of carboxylic acid groups (broad SMARTS) is 1. The van der Waals surface area contributed by atoms with Gasteiger partial charge < -0.3 is 9.90 Å². The Morgan fingerprint density at radius 3 is 1.26 bits per heavy atom. The average Bonchev–Trinajstić information content (AvgIpc) is 2.80. The molecule has 0 heterocycles. The molecule has 4 nitrogen and oxygen atoms in total. The van der Waals surface area contributed by atoms with Crippen molar-refractivity contribution in [3.63, 3.8) is 0 Å². The van der Waals surface area contributed by atoms with Gasteiger partial charge in [-0.3, -0.25) is 4.48 Å². The topological polar surface area (TPSA) is 57.2 Å². The van der Waals surface area contributed by atoms with Gasteiger partial charge in [0.2, 0.25) is 0 Å². The van der Waals surface area contributed by atoms with Gasteiger partial charge in [-0.25, -0.2) is 4.79 Å². The second-order valence-electron chi connectivity index (χ2n) is 11.0. The molecule has 0 radical (unpaired) electrons. The summed E-state index contributed by atoms with van der Waals surface area (Å²) in [6.45, 7) is 4.46. The molecule has 0 aliphatic carbocycles. The number of allylic oxidation sites excluding steroid dienone is 2. The van der Waals surface area contributed by atoms with E-state index in [4.69, 9.17) is 0 Å². The van der Waals surface area contributed by atoms with Crippen LogP contribution in [0.1, 0.15) is 155 Å². The molecule has 0 N–H and O–H groups in total. The van der Waals surface area contributed by atoms with Crippen molar-refractivity contribution >= 4 is 11.9 Å². The van der Waals surface area contributed by atoms with Gasteiger partial charge in [0.1, 0.15) is 0 Å². The predicted octanol–water partition coefficient (Wildman–Crippen LogP) is 8.13. The number of hydrogen-bond acceptors (Lipinski definition) is 3. The molecule has 0 atom stereocenters. The third-order valence-corrected chi connectivity index (χ3v) is 6.39. The Kier molecular flexibility index (Phi) is 28.2. The SMILES string of the molecule is CCCCCCCCC=CCCCCCCCC(=O)[N+](C)(C)C.CCCCCCCCCC(=O)[O-]. The minimum Gasteiger partial charge on any atom is -0.550 e. The van der Waals surface area contributed by atoms with Gasteiger partial charge in [-0.15, -0.1) is 0 Å². The Hall–Kier alpha value is -1.16. The standard InChI is InChI=1S/C21H42NO.C10H20O2/c1-5-6-7-8-9-10-11-12-13-14-15-16-17-18-19-20-21(23)22(2,3)4;1-2-3-4-5-6-7-8-9-10(11)12/h12-13H,5-11,14-20H2,1-4H3;2-9H2,1H3,(H,11,12)/q+1;/p-1. The van der Waals surface area contributed by atoms with E-state index in [0.717, 1.165) is 25.7 Å². The number of aliphatic carboxylic acids is 1. The van der Waals surface area contributed by atoms with E-state index in [-0.39, 0.29) is 6.42 Å². The summed E-state index contributed by atoms with van der Waals surface area (Å²) in [4.78, 5) is 21.8. The van der Waals surface area contributed by atoms with E-state index < -0.39 is 5.97 Å². The van der Waals surface area contributed by atoms with Crippen LogP contribution in [0.25, 0.3) is 0 Å². The van der Waals surface area contributed by atoms with Crippen molar-refractivity contribution in [3.05, 3.63) is 12.2 Å². The highest BCUT2D eigenvalue weighted by atomic mass is 16.4. The maximum absolute atomic E-state index is 11.8. The van der Waals surface area contributed by atoms with Crippen molar-refractivity contribution in [2.75, 3.05) is 21.1 Å². The van der Waals surface area contributed by atoms with Crippen molar-refractivity contribution < 1.29 is 19.2 Å². The first-order valence-corrected chi connectivity index (χ1v) is 14.9. The molecule has 0 fully saturated rings. The molecule has 1 amide bonds. The molecule has 0 unspecified atom stereocenters. The van der Waals surface area contributed by atoms with Crippen LogP contribution in [0.3, 0.4) is 0 Å². The molecule has 208 valence electrons. The molecule has 0 aromatic rings. The van der Waals surface area contributed by atoms with Crippen LogP contribution < -0.4 is 5.11 Å². The zero-order valence-electron chi connectivity index (χ0n) is 24.4. The minimum absolute atomic E-state index is 0.230. The number of carboxylic acids is 1. The average molecular weight is 496 g/mol. The van der Waals surface area contributed by atoms with Crippen LogP contribution in [0.5, 0.6) is 0 Å². The Morgan fingerprint density at radius 2 is 0.886 bits per heavy atom. The summed E-state index contributed by atoms with van der Waals surface area (Å²) in [6.07, 6.45) is 30.8. The molecule has 0 rings (SSSR count). The first kappa shape index (κ1) is 36.0. The van der Waals surface area contributed by atoms with Gasteiger partial charge in [0, 0.05) is 5.97 Å². The van der Waals surface area contributed by atoms with E-state index in [0.29, 0.717) is 10.4 Å². The molecule has 35 heavy (non-hydrogen) atoms. The number of unbranched alkanes of at least 4 members (excludes halogenated alkanes) is 17. The Morgan fingerprint density at radius 1 is 0.543 bits per heavy atom. The molecule has 0 aliphatic rings. The molecule has 0 saturated carbocycles. The summed E-state index contributed by atoms with van der Waals surface area (Å²) in [5.74, 6) is -0.564. The van der Waals surface area contributed by atoms with Gasteiger partial charge >= 0.3 is 5.91 Å². The van der Waals surface area contributed by atoms with E-state index >= 15 is 0 Å². The highest BCUT2D eigenvalue weighted by Crippen LogP contribution is 2.11. The van der Waals surface area contributed by atoms with Gasteiger partial charge in [0.25, 0.3) is 0 Å². The van der Waals surface area contributed by atoms with E-state index in [1.165, 1.54) is 109 Å². The lowest BCUT2D eigenvalue weighted by Gasteiger charge is -2.20. The zero-order chi connectivity index (χ0) is 26.6. The van der Waals surface area contributed by atoms with Crippen molar-refractivity contribution in [2.45, 2.75) is 155 Å². The van der Waals surface area contributed by atoms with Crippen LogP contribution in [-0.4, -0.2) is 37.5 Å². The van der Waals surface area contributed by atoms with Gasteiger partial charge in [-0.1, -0.05) is 116 Å². The minimum atomic E-state index is -0.913. The number of carbonyl (C=O) groups is 2. The quantitative estimate of drug-likeness (QED) is 0.0816. The number of nitrogens with zero attached hydrogens (tertiary/aromatic N) is 1. The molecule has 0 aliphatic heterocycles.